The molecule has 3 aliphatic rings. The van der Waals surface area contributed by atoms with Gasteiger partial charge in [-0.25, -0.2) is 0 Å². The summed E-state index contributed by atoms with van der Waals surface area (Å²) < 4.78 is 22.8. The van der Waals surface area contributed by atoms with Crippen LogP contribution < -0.4 is 5.32 Å². The molecule has 2 heterocycles. The Balaban J connectivity index is 1.78. The highest BCUT2D eigenvalue weighted by atomic mass is 16.5. The maximum absolute atomic E-state index is 5.82. The van der Waals surface area contributed by atoms with Crippen LogP contribution in [0.1, 0.15) is 19.3 Å². The summed E-state index contributed by atoms with van der Waals surface area (Å²) in [5, 5.41) is 3.65. The van der Waals surface area contributed by atoms with E-state index in [2.05, 4.69) is 5.32 Å². The second-order valence-corrected chi connectivity index (χ2v) is 5.90. The number of nitrogens with one attached hydrogen (secondary N) is 1. The summed E-state index contributed by atoms with van der Waals surface area (Å²) in [7, 11) is 5.37. The number of hydrogen-bond acceptors (Lipinski definition) is 5. The zero-order valence-electron chi connectivity index (χ0n) is 12.0. The van der Waals surface area contributed by atoms with Gasteiger partial charge in [-0.2, -0.15) is 0 Å². The van der Waals surface area contributed by atoms with E-state index in [1.807, 2.05) is 7.11 Å². The highest BCUT2D eigenvalue weighted by molar-refractivity contribution is 5.02. The third-order valence-corrected chi connectivity index (χ3v) is 5.16. The van der Waals surface area contributed by atoms with Crippen LogP contribution in [0.4, 0.5) is 0 Å². The molecule has 5 heteroatoms. The molecule has 0 spiro atoms. The first-order chi connectivity index (χ1) is 9.28. The second-order valence-electron chi connectivity index (χ2n) is 5.90. The lowest BCUT2D eigenvalue weighted by molar-refractivity contribution is -0.145. The lowest BCUT2D eigenvalue weighted by Crippen LogP contribution is -2.63. The van der Waals surface area contributed by atoms with Crippen molar-refractivity contribution >= 4 is 0 Å². The van der Waals surface area contributed by atoms with Crippen LogP contribution in [0.2, 0.25) is 0 Å². The summed E-state index contributed by atoms with van der Waals surface area (Å²) in [6.07, 6.45) is 3.81. The van der Waals surface area contributed by atoms with E-state index < -0.39 is 0 Å². The lowest BCUT2D eigenvalue weighted by atomic mass is 9.71. The molecular weight excluding hydrogens is 246 g/mol. The molecule has 0 amide bonds. The fourth-order valence-corrected chi connectivity index (χ4v) is 4.20. The van der Waals surface area contributed by atoms with E-state index >= 15 is 0 Å². The molecular formula is C14H25NO4. The Morgan fingerprint density at radius 3 is 2.37 bits per heavy atom. The molecule has 1 aliphatic carbocycles. The molecule has 7 unspecified atom stereocenters. The number of piperidine rings is 1. The summed E-state index contributed by atoms with van der Waals surface area (Å²) in [6.45, 7) is 0.836. The SMILES string of the molecule is COC1CC2NC3OCCC3C(OC)C2CC1OC. The van der Waals surface area contributed by atoms with Gasteiger partial charge in [-0.05, 0) is 19.3 Å². The average molecular weight is 271 g/mol. The summed E-state index contributed by atoms with van der Waals surface area (Å²) in [6, 6.07) is 0.403. The zero-order chi connectivity index (χ0) is 13.4. The number of ether oxygens (including phenoxy) is 4. The average Bonchev–Trinajstić information content (AvgIpc) is 2.90. The molecule has 2 saturated heterocycles. The van der Waals surface area contributed by atoms with E-state index in [1.165, 1.54) is 0 Å². The molecule has 1 saturated carbocycles. The van der Waals surface area contributed by atoms with Gasteiger partial charge in [0.25, 0.3) is 0 Å². The Bertz CT molecular complexity index is 314. The molecule has 110 valence electrons. The molecule has 2 aliphatic heterocycles. The van der Waals surface area contributed by atoms with Gasteiger partial charge >= 0.3 is 0 Å². The molecule has 0 bridgehead atoms. The maximum Gasteiger partial charge on any atom is 0.113 e. The largest absolute Gasteiger partial charge is 0.381 e. The van der Waals surface area contributed by atoms with Gasteiger partial charge in [0.2, 0.25) is 0 Å². The number of methoxy groups -OCH3 is 3. The molecule has 0 aromatic rings. The Morgan fingerprint density at radius 1 is 0.947 bits per heavy atom. The first-order valence-corrected chi connectivity index (χ1v) is 7.24. The van der Waals surface area contributed by atoms with E-state index in [4.69, 9.17) is 18.9 Å². The number of rotatable bonds is 3. The van der Waals surface area contributed by atoms with Crippen LogP contribution in [-0.2, 0) is 18.9 Å². The highest BCUT2D eigenvalue weighted by Crippen LogP contribution is 2.41. The zero-order valence-corrected chi connectivity index (χ0v) is 12.0. The molecule has 0 aromatic heterocycles. The van der Waals surface area contributed by atoms with Gasteiger partial charge in [-0.3, -0.25) is 5.32 Å². The van der Waals surface area contributed by atoms with Crippen molar-refractivity contribution in [2.24, 2.45) is 11.8 Å². The minimum atomic E-state index is 0.155. The molecule has 3 fully saturated rings. The summed E-state index contributed by atoms with van der Waals surface area (Å²) in [4.78, 5) is 0. The molecule has 1 N–H and O–H groups in total. The standard InChI is InChI=1S/C14H25NO4/c1-16-11-6-9-10(7-12(11)17-2)15-14-8(4-5-19-14)13(9)18-3/h8-15H,4-7H2,1-3H3. The van der Waals surface area contributed by atoms with Gasteiger partial charge in [-0.15, -0.1) is 0 Å². The first kappa shape index (κ1) is 13.8. The highest BCUT2D eigenvalue weighted by Gasteiger charge is 2.51. The lowest BCUT2D eigenvalue weighted by Gasteiger charge is -2.49. The molecule has 5 nitrogen and oxygen atoms in total. The Kier molecular flexibility index (Phi) is 4.10. The van der Waals surface area contributed by atoms with E-state index in [0.29, 0.717) is 17.9 Å². The van der Waals surface area contributed by atoms with Crippen LogP contribution in [0.5, 0.6) is 0 Å². The maximum atomic E-state index is 5.82. The van der Waals surface area contributed by atoms with E-state index in [0.717, 1.165) is 25.9 Å². The van der Waals surface area contributed by atoms with E-state index in [-0.39, 0.29) is 24.5 Å². The number of fused-ring (bicyclic) bond motifs is 2. The topological polar surface area (TPSA) is 49.0 Å². The van der Waals surface area contributed by atoms with Gasteiger partial charge in [0.05, 0.1) is 18.3 Å². The summed E-state index contributed by atoms with van der Waals surface area (Å²) in [5.41, 5.74) is 0. The van der Waals surface area contributed by atoms with Crippen LogP contribution in [0.15, 0.2) is 0 Å². The summed E-state index contributed by atoms with van der Waals surface area (Å²) in [5.74, 6) is 0.965. The summed E-state index contributed by atoms with van der Waals surface area (Å²) >= 11 is 0. The van der Waals surface area contributed by atoms with Crippen molar-refractivity contribution in [2.45, 2.75) is 49.8 Å². The fourth-order valence-electron chi connectivity index (χ4n) is 4.20. The number of hydrogen-bond donors (Lipinski definition) is 1. The molecule has 7 atom stereocenters. The molecule has 0 aromatic carbocycles. The van der Waals surface area contributed by atoms with Crippen molar-refractivity contribution in [3.05, 3.63) is 0 Å². The van der Waals surface area contributed by atoms with E-state index in [9.17, 15) is 0 Å². The minimum absolute atomic E-state index is 0.155. The van der Waals surface area contributed by atoms with Gasteiger partial charge in [0.15, 0.2) is 0 Å². The Hall–Kier alpha value is -0.200. The smallest absolute Gasteiger partial charge is 0.113 e. The van der Waals surface area contributed by atoms with Crippen molar-refractivity contribution in [3.63, 3.8) is 0 Å². The normalized spacial score (nSPS) is 49.7. The third kappa shape index (κ3) is 2.32. The van der Waals surface area contributed by atoms with Gasteiger partial charge in [0, 0.05) is 45.8 Å². The van der Waals surface area contributed by atoms with Crippen molar-refractivity contribution in [1.29, 1.82) is 0 Å². The predicted molar refractivity (Wildman–Crippen MR) is 69.9 cm³/mol. The van der Waals surface area contributed by atoms with Gasteiger partial charge < -0.3 is 18.9 Å². The van der Waals surface area contributed by atoms with Crippen LogP contribution in [0.3, 0.4) is 0 Å². The van der Waals surface area contributed by atoms with Crippen molar-refractivity contribution in [2.75, 3.05) is 27.9 Å². The predicted octanol–water partition coefficient (Wildman–Crippen LogP) is 0.776. The van der Waals surface area contributed by atoms with Crippen LogP contribution in [0, 0.1) is 11.8 Å². The monoisotopic (exact) mass is 271 g/mol. The van der Waals surface area contributed by atoms with Gasteiger partial charge in [0.1, 0.15) is 6.23 Å². The van der Waals surface area contributed by atoms with Crippen LogP contribution in [-0.4, -0.2) is 58.5 Å². The molecule has 19 heavy (non-hydrogen) atoms. The van der Waals surface area contributed by atoms with Crippen LogP contribution >= 0.6 is 0 Å². The van der Waals surface area contributed by atoms with E-state index in [1.54, 1.807) is 14.2 Å². The molecule has 3 rings (SSSR count). The van der Waals surface area contributed by atoms with Crippen LogP contribution in [0.25, 0.3) is 0 Å². The minimum Gasteiger partial charge on any atom is -0.381 e. The second kappa shape index (κ2) is 5.66. The first-order valence-electron chi connectivity index (χ1n) is 7.24. The third-order valence-electron chi connectivity index (χ3n) is 5.16. The fraction of sp³-hybridized carbons (Fsp3) is 1.00. The Morgan fingerprint density at radius 2 is 1.68 bits per heavy atom. The Labute approximate surface area is 114 Å². The van der Waals surface area contributed by atoms with Crippen molar-refractivity contribution < 1.29 is 18.9 Å². The molecule has 0 radical (unpaired) electrons. The van der Waals surface area contributed by atoms with Gasteiger partial charge in [-0.1, -0.05) is 0 Å². The van der Waals surface area contributed by atoms with Crippen molar-refractivity contribution in [3.8, 4) is 0 Å². The quantitative estimate of drug-likeness (QED) is 0.822. The van der Waals surface area contributed by atoms with Crippen molar-refractivity contribution in [1.82, 2.24) is 5.32 Å².